The quantitative estimate of drug-likeness (QED) is 0.595. The van der Waals surface area contributed by atoms with Crippen molar-refractivity contribution in [2.45, 2.75) is 26.2 Å². The van der Waals surface area contributed by atoms with Crippen LogP contribution >= 0.6 is 0 Å². The Labute approximate surface area is 102 Å². The molecule has 92 valence electrons. The van der Waals surface area contributed by atoms with Crippen LogP contribution in [-0.2, 0) is 0 Å². The van der Waals surface area contributed by atoms with Gasteiger partial charge in [0.05, 0.1) is 11.4 Å². The first kappa shape index (κ1) is 11.7. The van der Waals surface area contributed by atoms with E-state index in [-0.39, 0.29) is 5.96 Å². The fraction of sp³-hybridized carbons (Fsp3) is 0.500. The van der Waals surface area contributed by atoms with Crippen LogP contribution in [0.5, 0.6) is 0 Å². The number of pyridine rings is 1. The van der Waals surface area contributed by atoms with E-state index in [1.165, 1.54) is 19.3 Å². The van der Waals surface area contributed by atoms with Crippen LogP contribution in [0.15, 0.2) is 17.1 Å². The topological polar surface area (TPSA) is 80.5 Å². The van der Waals surface area contributed by atoms with Gasteiger partial charge >= 0.3 is 0 Å². The Hall–Kier alpha value is -1.78. The Bertz CT molecular complexity index is 417. The maximum Gasteiger partial charge on any atom is 0.191 e. The molecular formula is C12H19N5. The molecule has 2 rings (SSSR count). The van der Waals surface area contributed by atoms with Crippen LogP contribution in [0, 0.1) is 6.92 Å². The minimum Gasteiger partial charge on any atom is -0.370 e. The van der Waals surface area contributed by atoms with Crippen molar-refractivity contribution in [1.82, 2.24) is 4.98 Å². The Morgan fingerprint density at radius 3 is 2.53 bits per heavy atom. The summed E-state index contributed by atoms with van der Waals surface area (Å²) in [5.74, 6) is 1.09. The molecule has 1 saturated heterocycles. The molecule has 0 saturated carbocycles. The van der Waals surface area contributed by atoms with Gasteiger partial charge in [-0.2, -0.15) is 0 Å². The number of anilines is 1. The second-order valence-electron chi connectivity index (χ2n) is 4.36. The lowest BCUT2D eigenvalue weighted by molar-refractivity contribution is 0.573. The summed E-state index contributed by atoms with van der Waals surface area (Å²) in [6.45, 7) is 4.11. The molecule has 0 spiro atoms. The zero-order chi connectivity index (χ0) is 12.3. The first-order chi connectivity index (χ1) is 8.16. The van der Waals surface area contributed by atoms with Crippen molar-refractivity contribution in [3.63, 3.8) is 0 Å². The monoisotopic (exact) mass is 233 g/mol. The third-order valence-corrected chi connectivity index (χ3v) is 2.97. The number of aromatic nitrogens is 1. The van der Waals surface area contributed by atoms with E-state index in [1.54, 1.807) is 0 Å². The summed E-state index contributed by atoms with van der Waals surface area (Å²) in [7, 11) is 0. The van der Waals surface area contributed by atoms with E-state index in [2.05, 4.69) is 14.9 Å². The normalized spacial score (nSPS) is 15.7. The molecule has 1 aliphatic heterocycles. The lowest BCUT2D eigenvalue weighted by Crippen LogP contribution is -2.30. The van der Waals surface area contributed by atoms with Crippen molar-refractivity contribution < 1.29 is 0 Å². The zero-order valence-corrected chi connectivity index (χ0v) is 10.2. The van der Waals surface area contributed by atoms with Crippen LogP contribution in [-0.4, -0.2) is 24.0 Å². The van der Waals surface area contributed by atoms with Crippen LogP contribution in [0.4, 0.5) is 11.5 Å². The van der Waals surface area contributed by atoms with Crippen molar-refractivity contribution in [3.8, 4) is 0 Å². The van der Waals surface area contributed by atoms with Gasteiger partial charge < -0.3 is 16.4 Å². The number of hydrogen-bond donors (Lipinski definition) is 2. The lowest BCUT2D eigenvalue weighted by Gasteiger charge is -2.28. The van der Waals surface area contributed by atoms with Crippen molar-refractivity contribution in [3.05, 3.63) is 17.8 Å². The number of hydrogen-bond acceptors (Lipinski definition) is 3. The fourth-order valence-corrected chi connectivity index (χ4v) is 2.10. The maximum atomic E-state index is 5.36. The molecule has 0 amide bonds. The summed E-state index contributed by atoms with van der Waals surface area (Å²) in [5.41, 5.74) is 12.3. The largest absolute Gasteiger partial charge is 0.370 e. The number of nitrogens with two attached hydrogens (primary N) is 2. The molecule has 1 aromatic rings. The average Bonchev–Trinajstić information content (AvgIpc) is 2.32. The number of guanidine groups is 1. The van der Waals surface area contributed by atoms with E-state index < -0.39 is 0 Å². The molecule has 0 aromatic carbocycles. The average molecular weight is 233 g/mol. The second-order valence-corrected chi connectivity index (χ2v) is 4.36. The predicted molar refractivity (Wildman–Crippen MR) is 70.5 cm³/mol. The predicted octanol–water partition coefficient (Wildman–Crippen LogP) is 1.29. The first-order valence-corrected chi connectivity index (χ1v) is 5.99. The lowest BCUT2D eigenvalue weighted by atomic mass is 10.1. The fourth-order valence-electron chi connectivity index (χ4n) is 2.10. The summed E-state index contributed by atoms with van der Waals surface area (Å²) in [6.07, 6.45) is 3.81. The van der Waals surface area contributed by atoms with Crippen molar-refractivity contribution >= 4 is 17.5 Å². The Balaban J connectivity index is 2.20. The summed E-state index contributed by atoms with van der Waals surface area (Å²) >= 11 is 0. The van der Waals surface area contributed by atoms with Crippen LogP contribution in [0.25, 0.3) is 0 Å². The van der Waals surface area contributed by atoms with Gasteiger partial charge in [-0.1, -0.05) is 0 Å². The summed E-state index contributed by atoms with van der Waals surface area (Å²) in [6, 6.07) is 3.91. The van der Waals surface area contributed by atoms with E-state index in [1.807, 2.05) is 19.1 Å². The van der Waals surface area contributed by atoms with E-state index in [0.29, 0.717) is 0 Å². The molecule has 0 radical (unpaired) electrons. The number of rotatable bonds is 2. The van der Waals surface area contributed by atoms with Gasteiger partial charge in [-0.25, -0.2) is 9.98 Å². The van der Waals surface area contributed by atoms with Crippen LogP contribution < -0.4 is 16.4 Å². The molecule has 1 fully saturated rings. The first-order valence-electron chi connectivity index (χ1n) is 5.99. The minimum absolute atomic E-state index is 0.0700. The molecule has 0 aliphatic carbocycles. The highest BCUT2D eigenvalue weighted by Gasteiger charge is 2.12. The smallest absolute Gasteiger partial charge is 0.191 e. The number of nitrogens with zero attached hydrogens (tertiary/aromatic N) is 3. The Morgan fingerprint density at radius 2 is 1.94 bits per heavy atom. The van der Waals surface area contributed by atoms with Crippen LogP contribution in [0.2, 0.25) is 0 Å². The Morgan fingerprint density at radius 1 is 1.24 bits per heavy atom. The third kappa shape index (κ3) is 2.87. The number of aliphatic imine (C=N–C) groups is 1. The van der Waals surface area contributed by atoms with Gasteiger partial charge in [0.1, 0.15) is 5.82 Å². The van der Waals surface area contributed by atoms with Gasteiger partial charge in [0.15, 0.2) is 5.96 Å². The molecule has 5 nitrogen and oxygen atoms in total. The van der Waals surface area contributed by atoms with Crippen molar-refractivity contribution in [1.29, 1.82) is 0 Å². The second kappa shape index (κ2) is 5.03. The molecule has 17 heavy (non-hydrogen) atoms. The maximum absolute atomic E-state index is 5.36. The highest BCUT2D eigenvalue weighted by atomic mass is 15.2. The molecule has 4 N–H and O–H groups in total. The van der Waals surface area contributed by atoms with E-state index in [9.17, 15) is 0 Å². The standard InChI is InChI=1S/C12H19N5/c1-9-10(16-12(13)14)5-6-11(15-9)17-7-3-2-4-8-17/h5-6H,2-4,7-8H2,1H3,(H4,13,14,16). The number of piperidine rings is 1. The SMILES string of the molecule is Cc1nc(N2CCCCC2)ccc1N=C(N)N. The molecular weight excluding hydrogens is 214 g/mol. The Kier molecular flexibility index (Phi) is 3.46. The van der Waals surface area contributed by atoms with Gasteiger partial charge in [0.2, 0.25) is 0 Å². The van der Waals surface area contributed by atoms with Gasteiger partial charge in [0, 0.05) is 13.1 Å². The summed E-state index contributed by atoms with van der Waals surface area (Å²) in [4.78, 5) is 10.9. The molecule has 5 heteroatoms. The van der Waals surface area contributed by atoms with E-state index in [4.69, 9.17) is 11.5 Å². The molecule has 0 atom stereocenters. The van der Waals surface area contributed by atoms with E-state index >= 15 is 0 Å². The molecule has 0 bridgehead atoms. The minimum atomic E-state index is 0.0700. The molecule has 1 aromatic heterocycles. The molecule has 1 aliphatic rings. The van der Waals surface area contributed by atoms with Crippen LogP contribution in [0.3, 0.4) is 0 Å². The molecule has 0 unspecified atom stereocenters. The zero-order valence-electron chi connectivity index (χ0n) is 10.2. The van der Waals surface area contributed by atoms with Crippen molar-refractivity contribution in [2.24, 2.45) is 16.5 Å². The van der Waals surface area contributed by atoms with Crippen LogP contribution in [0.1, 0.15) is 25.0 Å². The number of aryl methyl sites for hydroxylation is 1. The van der Waals surface area contributed by atoms with Gasteiger partial charge in [-0.05, 0) is 38.3 Å². The highest BCUT2D eigenvalue weighted by Crippen LogP contribution is 2.23. The van der Waals surface area contributed by atoms with E-state index in [0.717, 1.165) is 30.3 Å². The highest BCUT2D eigenvalue weighted by molar-refractivity contribution is 5.79. The summed E-state index contributed by atoms with van der Waals surface area (Å²) in [5, 5.41) is 0. The molecule has 2 heterocycles. The van der Waals surface area contributed by atoms with Gasteiger partial charge in [0.25, 0.3) is 0 Å². The van der Waals surface area contributed by atoms with Gasteiger partial charge in [-0.3, -0.25) is 0 Å². The van der Waals surface area contributed by atoms with Gasteiger partial charge in [-0.15, -0.1) is 0 Å². The van der Waals surface area contributed by atoms with Crippen molar-refractivity contribution in [2.75, 3.05) is 18.0 Å². The third-order valence-electron chi connectivity index (χ3n) is 2.97. The summed E-state index contributed by atoms with van der Waals surface area (Å²) < 4.78 is 0.